The van der Waals surface area contributed by atoms with E-state index in [0.717, 1.165) is 0 Å². The number of rotatable bonds is 4. The number of ether oxygens (including phenoxy) is 1. The molecule has 122 valence electrons. The molecule has 0 aliphatic rings. The Morgan fingerprint density at radius 1 is 1.26 bits per heavy atom. The minimum absolute atomic E-state index is 0.0611. The Morgan fingerprint density at radius 2 is 1.96 bits per heavy atom. The molecule has 0 amide bonds. The number of esters is 1. The third-order valence-corrected chi connectivity index (χ3v) is 5.47. The van der Waals surface area contributed by atoms with E-state index in [0.29, 0.717) is 20.7 Å². The van der Waals surface area contributed by atoms with Crippen molar-refractivity contribution in [2.75, 3.05) is 11.8 Å². The number of carbonyl (C=O) groups is 1. The monoisotopic (exact) mass is 417 g/mol. The Kier molecular flexibility index (Phi) is 5.33. The summed E-state index contributed by atoms with van der Waals surface area (Å²) >= 11 is 9.21. The average molecular weight is 419 g/mol. The van der Waals surface area contributed by atoms with E-state index in [4.69, 9.17) is 11.6 Å². The van der Waals surface area contributed by atoms with Gasteiger partial charge in [0.05, 0.1) is 18.4 Å². The molecule has 2 aromatic rings. The lowest BCUT2D eigenvalue weighted by Crippen LogP contribution is -2.18. The maximum absolute atomic E-state index is 12.6. The number of halogens is 2. The topological polar surface area (TPSA) is 72.5 Å². The van der Waals surface area contributed by atoms with E-state index in [9.17, 15) is 13.2 Å². The molecule has 8 heteroatoms. The fourth-order valence-electron chi connectivity index (χ4n) is 1.92. The van der Waals surface area contributed by atoms with Gasteiger partial charge in [0, 0.05) is 9.50 Å². The zero-order chi connectivity index (χ0) is 17.2. The van der Waals surface area contributed by atoms with E-state index in [1.165, 1.54) is 25.3 Å². The second-order valence-electron chi connectivity index (χ2n) is 4.65. The van der Waals surface area contributed by atoms with Gasteiger partial charge in [0.2, 0.25) is 0 Å². The molecule has 0 spiro atoms. The van der Waals surface area contributed by atoms with Crippen LogP contribution in [0.3, 0.4) is 0 Å². The third kappa shape index (κ3) is 3.85. The Hall–Kier alpha value is -1.57. The van der Waals surface area contributed by atoms with Gasteiger partial charge in [-0.05, 0) is 42.8 Å². The molecule has 2 rings (SSSR count). The van der Waals surface area contributed by atoms with Crippen molar-refractivity contribution < 1.29 is 17.9 Å². The first kappa shape index (κ1) is 17.8. The van der Waals surface area contributed by atoms with Gasteiger partial charge in [-0.1, -0.05) is 33.6 Å². The van der Waals surface area contributed by atoms with Gasteiger partial charge in [-0.2, -0.15) is 0 Å². The molecule has 1 N–H and O–H groups in total. The molecule has 0 saturated heterocycles. The zero-order valence-electron chi connectivity index (χ0n) is 12.3. The Labute approximate surface area is 147 Å². The number of anilines is 1. The van der Waals surface area contributed by atoms with Crippen molar-refractivity contribution in [1.82, 2.24) is 0 Å². The van der Waals surface area contributed by atoms with Crippen LogP contribution in [-0.2, 0) is 14.8 Å². The first-order chi connectivity index (χ1) is 10.8. The molecule has 0 aliphatic heterocycles. The van der Waals surface area contributed by atoms with E-state index < -0.39 is 16.0 Å². The lowest BCUT2D eigenvalue weighted by atomic mass is 10.2. The predicted octanol–water partition coefficient (Wildman–Crippen LogP) is 4.00. The Balaban J connectivity index is 2.52. The van der Waals surface area contributed by atoms with E-state index in [-0.39, 0.29) is 10.5 Å². The molecule has 0 radical (unpaired) electrons. The minimum Gasteiger partial charge on any atom is -0.465 e. The number of carbonyl (C=O) groups excluding carboxylic acids is 1. The molecule has 5 nitrogen and oxygen atoms in total. The molecule has 2 aromatic carbocycles. The van der Waals surface area contributed by atoms with Crippen LogP contribution >= 0.6 is 27.5 Å². The molecule has 0 aliphatic carbocycles. The van der Waals surface area contributed by atoms with Gasteiger partial charge in [-0.15, -0.1) is 0 Å². The van der Waals surface area contributed by atoms with Gasteiger partial charge in [-0.25, -0.2) is 13.2 Å². The van der Waals surface area contributed by atoms with Crippen LogP contribution in [-0.4, -0.2) is 21.5 Å². The number of methoxy groups -OCH3 is 1. The molecule has 0 aromatic heterocycles. The van der Waals surface area contributed by atoms with E-state index >= 15 is 0 Å². The summed E-state index contributed by atoms with van der Waals surface area (Å²) in [5, 5.41) is 0.439. The van der Waals surface area contributed by atoms with Gasteiger partial charge >= 0.3 is 5.97 Å². The van der Waals surface area contributed by atoms with Crippen LogP contribution in [0.25, 0.3) is 0 Å². The summed E-state index contributed by atoms with van der Waals surface area (Å²) in [6, 6.07) is 9.15. The standard InChI is InChI=1S/C15H13BrClNO4S/c1-9-12(17)4-3-5-13(9)18-23(20,21)14-7-6-10(16)8-11(14)15(19)22-2/h3-8,18H,1-2H3. The van der Waals surface area contributed by atoms with Crippen LogP contribution < -0.4 is 4.72 Å². The van der Waals surface area contributed by atoms with Crippen LogP contribution in [0.2, 0.25) is 5.02 Å². The maximum atomic E-state index is 12.6. The largest absolute Gasteiger partial charge is 0.465 e. The molecule has 0 fully saturated rings. The van der Waals surface area contributed by atoms with Crippen molar-refractivity contribution in [3.63, 3.8) is 0 Å². The lowest BCUT2D eigenvalue weighted by molar-refractivity contribution is 0.0596. The minimum atomic E-state index is -3.99. The number of benzene rings is 2. The Bertz CT molecular complexity index is 868. The van der Waals surface area contributed by atoms with Gasteiger partial charge < -0.3 is 4.74 Å². The van der Waals surface area contributed by atoms with E-state index in [2.05, 4.69) is 25.4 Å². The van der Waals surface area contributed by atoms with Gasteiger partial charge in [0.15, 0.2) is 0 Å². The van der Waals surface area contributed by atoms with Crippen LogP contribution in [0.1, 0.15) is 15.9 Å². The highest BCUT2D eigenvalue weighted by molar-refractivity contribution is 9.10. The molecular weight excluding hydrogens is 406 g/mol. The number of hydrogen-bond acceptors (Lipinski definition) is 4. The molecule has 23 heavy (non-hydrogen) atoms. The number of sulfonamides is 1. The van der Waals surface area contributed by atoms with Crippen molar-refractivity contribution in [2.45, 2.75) is 11.8 Å². The van der Waals surface area contributed by atoms with Crippen LogP contribution in [0, 0.1) is 6.92 Å². The summed E-state index contributed by atoms with van der Waals surface area (Å²) in [5.74, 6) is -0.741. The second-order valence-corrected chi connectivity index (χ2v) is 7.62. The summed E-state index contributed by atoms with van der Waals surface area (Å²) in [7, 11) is -2.80. The highest BCUT2D eigenvalue weighted by Crippen LogP contribution is 2.28. The molecule has 0 unspecified atom stereocenters. The highest BCUT2D eigenvalue weighted by Gasteiger charge is 2.24. The van der Waals surface area contributed by atoms with Crippen LogP contribution in [0.15, 0.2) is 45.8 Å². The van der Waals surface area contributed by atoms with E-state index in [1.807, 2.05) is 0 Å². The first-order valence-electron chi connectivity index (χ1n) is 6.42. The summed E-state index contributed by atoms with van der Waals surface area (Å²) in [6.07, 6.45) is 0. The lowest BCUT2D eigenvalue weighted by Gasteiger charge is -2.13. The third-order valence-electron chi connectivity index (χ3n) is 3.15. The molecule has 0 atom stereocenters. The first-order valence-corrected chi connectivity index (χ1v) is 9.07. The van der Waals surface area contributed by atoms with Crippen LogP contribution in [0.4, 0.5) is 5.69 Å². The van der Waals surface area contributed by atoms with Gasteiger partial charge in [0.25, 0.3) is 10.0 Å². The fraction of sp³-hybridized carbons (Fsp3) is 0.133. The van der Waals surface area contributed by atoms with Gasteiger partial charge in [0.1, 0.15) is 4.90 Å². The highest BCUT2D eigenvalue weighted by atomic mass is 79.9. The molecular formula is C15H13BrClNO4S. The quantitative estimate of drug-likeness (QED) is 0.762. The van der Waals surface area contributed by atoms with Crippen molar-refractivity contribution in [3.05, 3.63) is 57.0 Å². The molecule has 0 bridgehead atoms. The van der Waals surface area contributed by atoms with Crippen molar-refractivity contribution in [2.24, 2.45) is 0 Å². The number of nitrogens with one attached hydrogen (secondary N) is 1. The maximum Gasteiger partial charge on any atom is 0.339 e. The van der Waals surface area contributed by atoms with Crippen molar-refractivity contribution in [3.8, 4) is 0 Å². The normalized spacial score (nSPS) is 11.1. The van der Waals surface area contributed by atoms with E-state index in [1.54, 1.807) is 25.1 Å². The molecule has 0 saturated carbocycles. The zero-order valence-corrected chi connectivity index (χ0v) is 15.4. The SMILES string of the molecule is COC(=O)c1cc(Br)ccc1S(=O)(=O)Nc1cccc(Cl)c1C. The number of hydrogen-bond donors (Lipinski definition) is 1. The average Bonchev–Trinajstić information content (AvgIpc) is 2.50. The van der Waals surface area contributed by atoms with Crippen LogP contribution in [0.5, 0.6) is 0 Å². The van der Waals surface area contributed by atoms with Gasteiger partial charge in [-0.3, -0.25) is 4.72 Å². The summed E-state index contributed by atoms with van der Waals surface area (Å²) < 4.78 is 32.9. The summed E-state index contributed by atoms with van der Waals surface area (Å²) in [6.45, 7) is 1.70. The summed E-state index contributed by atoms with van der Waals surface area (Å²) in [4.78, 5) is 11.7. The Morgan fingerprint density at radius 3 is 2.61 bits per heavy atom. The van der Waals surface area contributed by atoms with Crippen molar-refractivity contribution in [1.29, 1.82) is 0 Å². The van der Waals surface area contributed by atoms with Crippen molar-refractivity contribution >= 4 is 49.2 Å². The predicted molar refractivity (Wildman–Crippen MR) is 92.5 cm³/mol. The summed E-state index contributed by atoms with van der Waals surface area (Å²) in [5.41, 5.74) is 0.875. The second kappa shape index (κ2) is 6.90. The fourth-order valence-corrected chi connectivity index (χ4v) is 3.76. The smallest absolute Gasteiger partial charge is 0.339 e. The molecule has 0 heterocycles.